The standard InChI is InChI=1S/C15H20N4O3S2/c1-8-4-5-12-11(6-8)7-13(23-12)15(20)18-19-24(21,22)14-9(2)16-17-10(14)3/h7-8,19H,4-6H2,1-3H3,(H,16,17)(H,18,20). The van der Waals surface area contributed by atoms with Gasteiger partial charge in [-0.05, 0) is 50.7 Å². The van der Waals surface area contributed by atoms with Crippen LogP contribution in [0.1, 0.15) is 44.8 Å². The van der Waals surface area contributed by atoms with Gasteiger partial charge in [0.15, 0.2) is 0 Å². The second-order valence-electron chi connectivity index (χ2n) is 6.23. The quantitative estimate of drug-likeness (QED) is 0.716. The average Bonchev–Trinajstić information content (AvgIpc) is 3.08. The third-order valence-corrected chi connectivity index (χ3v) is 6.93. The number of carbonyl (C=O) groups is 1. The molecule has 0 aromatic carbocycles. The smallest absolute Gasteiger partial charge is 0.276 e. The van der Waals surface area contributed by atoms with Crippen LogP contribution < -0.4 is 10.3 Å². The molecule has 0 saturated heterocycles. The minimum absolute atomic E-state index is 0.0575. The molecule has 0 fully saturated rings. The first-order valence-electron chi connectivity index (χ1n) is 7.73. The highest BCUT2D eigenvalue weighted by atomic mass is 32.2. The first kappa shape index (κ1) is 17.1. The van der Waals surface area contributed by atoms with Crippen LogP contribution in [0, 0.1) is 19.8 Å². The number of hydrogen-bond donors (Lipinski definition) is 3. The van der Waals surface area contributed by atoms with E-state index in [2.05, 4.69) is 27.4 Å². The summed E-state index contributed by atoms with van der Waals surface area (Å²) in [6.45, 7) is 5.41. The molecule has 130 valence electrons. The first-order chi connectivity index (χ1) is 11.3. The van der Waals surface area contributed by atoms with Gasteiger partial charge < -0.3 is 0 Å². The summed E-state index contributed by atoms with van der Waals surface area (Å²) in [6.07, 6.45) is 3.08. The van der Waals surface area contributed by atoms with E-state index < -0.39 is 15.9 Å². The molecule has 1 amide bonds. The van der Waals surface area contributed by atoms with Gasteiger partial charge in [-0.3, -0.25) is 15.3 Å². The van der Waals surface area contributed by atoms with Gasteiger partial charge in [0.1, 0.15) is 4.90 Å². The lowest BCUT2D eigenvalue weighted by Gasteiger charge is -2.16. The van der Waals surface area contributed by atoms with Gasteiger partial charge in [-0.15, -0.1) is 16.2 Å². The van der Waals surface area contributed by atoms with Crippen molar-refractivity contribution in [1.82, 2.24) is 20.5 Å². The monoisotopic (exact) mass is 368 g/mol. The molecule has 3 N–H and O–H groups in total. The van der Waals surface area contributed by atoms with Gasteiger partial charge in [-0.2, -0.15) is 5.10 Å². The number of nitrogens with one attached hydrogen (secondary N) is 3. The number of rotatable bonds is 4. The summed E-state index contributed by atoms with van der Waals surface area (Å²) in [5.74, 6) is 0.179. The third kappa shape index (κ3) is 3.24. The summed E-state index contributed by atoms with van der Waals surface area (Å²) in [4.78, 5) is 16.2. The van der Waals surface area contributed by atoms with E-state index in [1.54, 1.807) is 13.8 Å². The molecule has 1 unspecified atom stereocenters. The molecule has 3 rings (SSSR count). The van der Waals surface area contributed by atoms with Crippen molar-refractivity contribution in [1.29, 1.82) is 0 Å². The predicted molar refractivity (Wildman–Crippen MR) is 91.4 cm³/mol. The van der Waals surface area contributed by atoms with Crippen molar-refractivity contribution >= 4 is 27.3 Å². The molecule has 2 aromatic heterocycles. The van der Waals surface area contributed by atoms with Crippen LogP contribution in [0.4, 0.5) is 0 Å². The van der Waals surface area contributed by atoms with Crippen LogP contribution in [0.5, 0.6) is 0 Å². The number of amides is 1. The Morgan fingerprint density at radius 3 is 2.83 bits per heavy atom. The Morgan fingerprint density at radius 2 is 2.17 bits per heavy atom. The van der Waals surface area contributed by atoms with Crippen molar-refractivity contribution in [2.24, 2.45) is 5.92 Å². The molecule has 0 radical (unpaired) electrons. The van der Waals surface area contributed by atoms with Gasteiger partial charge in [0, 0.05) is 4.88 Å². The van der Waals surface area contributed by atoms with Crippen LogP contribution in [0.25, 0.3) is 0 Å². The zero-order chi connectivity index (χ0) is 17.5. The summed E-state index contributed by atoms with van der Waals surface area (Å²) >= 11 is 1.43. The average molecular weight is 368 g/mol. The van der Waals surface area contributed by atoms with Crippen molar-refractivity contribution in [2.75, 3.05) is 0 Å². The van der Waals surface area contributed by atoms with E-state index in [-0.39, 0.29) is 4.90 Å². The Morgan fingerprint density at radius 1 is 1.42 bits per heavy atom. The molecule has 1 atom stereocenters. The molecular formula is C15H20N4O3S2. The van der Waals surface area contributed by atoms with E-state index in [4.69, 9.17) is 0 Å². The lowest BCUT2D eigenvalue weighted by atomic mass is 9.90. The van der Waals surface area contributed by atoms with E-state index in [0.29, 0.717) is 22.2 Å². The van der Waals surface area contributed by atoms with Crippen LogP contribution in [0.2, 0.25) is 0 Å². The SMILES string of the molecule is Cc1n[nH]c(C)c1S(=O)(=O)NNC(=O)c1cc2c(s1)CCC(C)C2. The number of thiophene rings is 1. The minimum Gasteiger partial charge on any atom is -0.281 e. The number of aryl methyl sites for hydroxylation is 3. The maximum Gasteiger partial charge on any atom is 0.276 e. The van der Waals surface area contributed by atoms with Crippen molar-refractivity contribution in [3.05, 3.63) is 32.8 Å². The molecule has 24 heavy (non-hydrogen) atoms. The van der Waals surface area contributed by atoms with Gasteiger partial charge in [0.05, 0.1) is 16.3 Å². The normalized spacial score (nSPS) is 17.5. The van der Waals surface area contributed by atoms with Crippen molar-refractivity contribution in [3.8, 4) is 0 Å². The van der Waals surface area contributed by atoms with Crippen molar-refractivity contribution < 1.29 is 13.2 Å². The van der Waals surface area contributed by atoms with Crippen LogP contribution in [0.15, 0.2) is 11.0 Å². The molecule has 2 aromatic rings. The molecule has 0 spiro atoms. The van der Waals surface area contributed by atoms with Crippen LogP contribution in [-0.4, -0.2) is 24.5 Å². The summed E-state index contributed by atoms with van der Waals surface area (Å²) in [7, 11) is -3.86. The highest BCUT2D eigenvalue weighted by molar-refractivity contribution is 7.89. The van der Waals surface area contributed by atoms with E-state index in [1.807, 2.05) is 6.07 Å². The maximum atomic E-state index is 12.3. The number of nitrogens with zero attached hydrogens (tertiary/aromatic N) is 1. The molecular weight excluding hydrogens is 348 g/mol. The van der Waals surface area contributed by atoms with Crippen LogP contribution in [0.3, 0.4) is 0 Å². The Labute approximate surface area is 144 Å². The fourth-order valence-electron chi connectivity index (χ4n) is 2.98. The van der Waals surface area contributed by atoms with Crippen LogP contribution >= 0.6 is 11.3 Å². The van der Waals surface area contributed by atoms with Crippen molar-refractivity contribution in [2.45, 2.75) is 44.9 Å². The second kappa shape index (κ2) is 6.30. The Hall–Kier alpha value is -1.71. The third-order valence-electron chi connectivity index (χ3n) is 4.18. The van der Waals surface area contributed by atoms with Crippen molar-refractivity contribution in [3.63, 3.8) is 0 Å². The molecule has 2 heterocycles. The fraction of sp³-hybridized carbons (Fsp3) is 0.467. The maximum absolute atomic E-state index is 12.3. The fourth-order valence-corrected chi connectivity index (χ4v) is 5.30. The van der Waals surface area contributed by atoms with Gasteiger partial charge in [0.25, 0.3) is 15.9 Å². The van der Waals surface area contributed by atoms with Gasteiger partial charge in [0.2, 0.25) is 0 Å². The molecule has 9 heteroatoms. The molecule has 1 aliphatic rings. The number of H-pyrrole nitrogens is 1. The number of carbonyl (C=O) groups excluding carboxylic acids is 1. The number of fused-ring (bicyclic) bond motifs is 1. The zero-order valence-corrected chi connectivity index (χ0v) is 15.4. The largest absolute Gasteiger partial charge is 0.281 e. The molecule has 0 aliphatic heterocycles. The number of sulfonamides is 1. The number of aromatic amines is 1. The van der Waals surface area contributed by atoms with E-state index >= 15 is 0 Å². The Balaban J connectivity index is 1.72. The summed E-state index contributed by atoms with van der Waals surface area (Å²) in [5.41, 5.74) is 4.28. The first-order valence-corrected chi connectivity index (χ1v) is 10.0. The van der Waals surface area contributed by atoms with E-state index in [0.717, 1.165) is 19.3 Å². The second-order valence-corrected chi connectivity index (χ2v) is 8.99. The lowest BCUT2D eigenvalue weighted by Crippen LogP contribution is -2.41. The number of hydrogen-bond acceptors (Lipinski definition) is 5. The predicted octanol–water partition coefficient (Wildman–Crippen LogP) is 1.84. The van der Waals surface area contributed by atoms with E-state index in [1.165, 1.54) is 21.8 Å². The molecule has 0 bridgehead atoms. The molecule has 0 saturated carbocycles. The van der Waals surface area contributed by atoms with Gasteiger partial charge >= 0.3 is 0 Å². The summed E-state index contributed by atoms with van der Waals surface area (Å²) < 4.78 is 24.7. The van der Waals surface area contributed by atoms with Gasteiger partial charge in [-0.1, -0.05) is 6.92 Å². The molecule has 1 aliphatic carbocycles. The zero-order valence-electron chi connectivity index (χ0n) is 13.8. The summed E-state index contributed by atoms with van der Waals surface area (Å²) in [6, 6.07) is 1.87. The molecule has 7 nitrogen and oxygen atoms in total. The Bertz CT molecular complexity index is 863. The topological polar surface area (TPSA) is 104 Å². The highest BCUT2D eigenvalue weighted by Crippen LogP contribution is 2.32. The summed E-state index contributed by atoms with van der Waals surface area (Å²) in [5, 5.41) is 6.48. The number of aromatic nitrogens is 2. The van der Waals surface area contributed by atoms with E-state index in [9.17, 15) is 13.2 Å². The lowest BCUT2D eigenvalue weighted by molar-refractivity contribution is 0.0949. The van der Waals surface area contributed by atoms with Crippen LogP contribution in [-0.2, 0) is 22.9 Å². The highest BCUT2D eigenvalue weighted by Gasteiger charge is 2.24. The minimum atomic E-state index is -3.86. The van der Waals surface area contributed by atoms with Gasteiger partial charge in [-0.25, -0.2) is 8.42 Å². The number of hydrazine groups is 1. The Kier molecular flexibility index (Phi) is 4.50.